The van der Waals surface area contributed by atoms with E-state index in [2.05, 4.69) is 26.1 Å². The maximum Gasteiger partial charge on any atom is 0.281 e. The Hall–Kier alpha value is -1.47. The van der Waals surface area contributed by atoms with Gasteiger partial charge in [0.2, 0.25) is 0 Å². The molecule has 2 aromatic rings. The zero-order valence-corrected chi connectivity index (χ0v) is 12.3. The lowest BCUT2D eigenvalue weighted by Crippen LogP contribution is -2.03. The van der Waals surface area contributed by atoms with E-state index in [9.17, 15) is 10.1 Å². The van der Waals surface area contributed by atoms with Crippen LogP contribution in [0.2, 0.25) is 5.02 Å². The molecule has 19 heavy (non-hydrogen) atoms. The molecule has 0 aliphatic heterocycles. The van der Waals surface area contributed by atoms with Gasteiger partial charge in [-0.3, -0.25) is 10.1 Å². The molecule has 6 nitrogen and oxygen atoms in total. The van der Waals surface area contributed by atoms with Gasteiger partial charge >= 0.3 is 0 Å². The summed E-state index contributed by atoms with van der Waals surface area (Å²) in [4.78, 5) is 10.6. The topological polar surface area (TPSA) is 73.8 Å². The zero-order valence-electron chi connectivity index (χ0n) is 10.0. The molecule has 0 saturated carbocycles. The van der Waals surface area contributed by atoms with Gasteiger partial charge in [-0.05, 0) is 19.1 Å². The van der Waals surface area contributed by atoms with Crippen LogP contribution >= 0.6 is 27.5 Å². The SMILES string of the molecule is CCn1c(CBr)nnc1-c1ccc(Cl)cc1[N+](=O)[O-]. The number of rotatable bonds is 4. The second-order valence-corrected chi connectivity index (χ2v) is 4.73. The molecule has 0 saturated heterocycles. The van der Waals surface area contributed by atoms with E-state index in [0.717, 1.165) is 5.82 Å². The van der Waals surface area contributed by atoms with Crippen LogP contribution in [0.3, 0.4) is 0 Å². The lowest BCUT2D eigenvalue weighted by Gasteiger charge is -2.06. The number of benzene rings is 1. The molecular formula is C11H10BrClN4O2. The normalized spacial score (nSPS) is 10.7. The third-order valence-electron chi connectivity index (χ3n) is 2.66. The largest absolute Gasteiger partial charge is 0.310 e. The smallest absolute Gasteiger partial charge is 0.281 e. The van der Waals surface area contributed by atoms with E-state index in [1.54, 1.807) is 12.1 Å². The predicted octanol–water partition coefficient (Wildman–Crippen LogP) is 3.42. The molecule has 0 amide bonds. The standard InChI is InChI=1S/C11H10BrClN4O2/c1-2-16-10(6-12)14-15-11(16)8-4-3-7(13)5-9(8)17(18)19/h3-5H,2,6H2,1H3. The van der Waals surface area contributed by atoms with E-state index in [1.165, 1.54) is 6.07 Å². The average molecular weight is 346 g/mol. The Morgan fingerprint density at radius 2 is 2.21 bits per heavy atom. The van der Waals surface area contributed by atoms with Crippen LogP contribution in [0.1, 0.15) is 12.7 Å². The Balaban J connectivity index is 2.65. The molecule has 2 rings (SSSR count). The van der Waals surface area contributed by atoms with Crippen molar-refractivity contribution in [1.82, 2.24) is 14.8 Å². The first-order valence-electron chi connectivity index (χ1n) is 5.50. The van der Waals surface area contributed by atoms with Gasteiger partial charge in [-0.1, -0.05) is 27.5 Å². The molecule has 0 fully saturated rings. The van der Waals surface area contributed by atoms with Crippen molar-refractivity contribution < 1.29 is 4.92 Å². The van der Waals surface area contributed by atoms with E-state index in [-0.39, 0.29) is 5.69 Å². The summed E-state index contributed by atoms with van der Waals surface area (Å²) in [5, 5.41) is 20.0. The van der Waals surface area contributed by atoms with Gasteiger partial charge in [-0.15, -0.1) is 10.2 Å². The summed E-state index contributed by atoms with van der Waals surface area (Å²) >= 11 is 9.12. The molecule has 100 valence electrons. The van der Waals surface area contributed by atoms with Crippen molar-refractivity contribution in [3.63, 3.8) is 0 Å². The van der Waals surface area contributed by atoms with Crippen LogP contribution < -0.4 is 0 Å². The number of nitro groups is 1. The van der Waals surface area contributed by atoms with Gasteiger partial charge in [0.15, 0.2) is 5.82 Å². The summed E-state index contributed by atoms with van der Waals surface area (Å²) in [6, 6.07) is 4.51. The van der Waals surface area contributed by atoms with Gasteiger partial charge in [0.1, 0.15) is 5.82 Å². The van der Waals surface area contributed by atoms with Crippen LogP contribution in [0, 0.1) is 10.1 Å². The molecule has 0 radical (unpaired) electrons. The van der Waals surface area contributed by atoms with E-state index in [1.807, 2.05) is 11.5 Å². The van der Waals surface area contributed by atoms with E-state index in [0.29, 0.717) is 28.3 Å². The van der Waals surface area contributed by atoms with Crippen molar-refractivity contribution in [2.75, 3.05) is 0 Å². The van der Waals surface area contributed by atoms with Gasteiger partial charge < -0.3 is 4.57 Å². The summed E-state index contributed by atoms with van der Waals surface area (Å²) < 4.78 is 1.82. The van der Waals surface area contributed by atoms with E-state index >= 15 is 0 Å². The Morgan fingerprint density at radius 3 is 2.79 bits per heavy atom. The van der Waals surface area contributed by atoms with Crippen molar-refractivity contribution >= 4 is 33.2 Å². The minimum absolute atomic E-state index is 0.0734. The highest BCUT2D eigenvalue weighted by atomic mass is 79.9. The van der Waals surface area contributed by atoms with E-state index in [4.69, 9.17) is 11.6 Å². The van der Waals surface area contributed by atoms with Crippen LogP contribution in [0.5, 0.6) is 0 Å². The zero-order chi connectivity index (χ0) is 14.0. The van der Waals surface area contributed by atoms with Gasteiger partial charge in [-0.2, -0.15) is 0 Å². The first-order chi connectivity index (χ1) is 9.08. The van der Waals surface area contributed by atoms with Gasteiger partial charge in [0.25, 0.3) is 5.69 Å². The Kier molecular flexibility index (Phi) is 4.16. The number of aromatic nitrogens is 3. The van der Waals surface area contributed by atoms with Crippen molar-refractivity contribution in [3.8, 4) is 11.4 Å². The summed E-state index contributed by atoms with van der Waals surface area (Å²) in [6.07, 6.45) is 0. The number of hydrogen-bond acceptors (Lipinski definition) is 4. The lowest BCUT2D eigenvalue weighted by molar-refractivity contribution is -0.384. The molecule has 0 spiro atoms. The van der Waals surface area contributed by atoms with Crippen molar-refractivity contribution in [2.24, 2.45) is 0 Å². The molecular weight excluding hydrogens is 336 g/mol. The quantitative estimate of drug-likeness (QED) is 0.483. The minimum atomic E-state index is -0.469. The second-order valence-electron chi connectivity index (χ2n) is 3.74. The molecule has 0 atom stereocenters. The number of nitrogens with zero attached hydrogens (tertiary/aromatic N) is 4. The maximum absolute atomic E-state index is 11.1. The van der Waals surface area contributed by atoms with Crippen LogP contribution in [-0.4, -0.2) is 19.7 Å². The molecule has 0 aliphatic carbocycles. The summed E-state index contributed by atoms with van der Waals surface area (Å²) in [6.45, 7) is 2.56. The number of nitro benzene ring substituents is 1. The number of alkyl halides is 1. The Labute approximate surface area is 122 Å². The van der Waals surface area contributed by atoms with Crippen LogP contribution in [0.15, 0.2) is 18.2 Å². The number of halogens is 2. The second kappa shape index (κ2) is 5.66. The molecule has 1 aromatic carbocycles. The highest BCUT2D eigenvalue weighted by molar-refractivity contribution is 9.08. The van der Waals surface area contributed by atoms with Gasteiger partial charge in [0, 0.05) is 17.6 Å². The molecule has 8 heteroatoms. The molecule has 0 N–H and O–H groups in total. The van der Waals surface area contributed by atoms with Crippen molar-refractivity contribution in [2.45, 2.75) is 18.8 Å². The fourth-order valence-electron chi connectivity index (χ4n) is 1.81. The monoisotopic (exact) mass is 344 g/mol. The number of hydrogen-bond donors (Lipinski definition) is 0. The first-order valence-corrected chi connectivity index (χ1v) is 7.00. The van der Waals surface area contributed by atoms with Crippen LogP contribution in [-0.2, 0) is 11.9 Å². The first kappa shape index (κ1) is 14.0. The summed E-state index contributed by atoms with van der Waals surface area (Å²) in [5.41, 5.74) is 0.340. The van der Waals surface area contributed by atoms with E-state index < -0.39 is 4.92 Å². The summed E-state index contributed by atoms with van der Waals surface area (Å²) in [7, 11) is 0. The van der Waals surface area contributed by atoms with Gasteiger partial charge in [0.05, 0.1) is 15.8 Å². The van der Waals surface area contributed by atoms with Crippen LogP contribution in [0.4, 0.5) is 5.69 Å². The third kappa shape index (κ3) is 2.62. The molecule has 0 unspecified atom stereocenters. The fraction of sp³-hybridized carbons (Fsp3) is 0.273. The van der Waals surface area contributed by atoms with Crippen molar-refractivity contribution in [1.29, 1.82) is 0 Å². The highest BCUT2D eigenvalue weighted by Crippen LogP contribution is 2.31. The highest BCUT2D eigenvalue weighted by Gasteiger charge is 2.21. The van der Waals surface area contributed by atoms with Gasteiger partial charge in [-0.25, -0.2) is 0 Å². The molecule has 1 aromatic heterocycles. The summed E-state index contributed by atoms with van der Waals surface area (Å²) in [5.74, 6) is 1.20. The third-order valence-corrected chi connectivity index (χ3v) is 3.40. The lowest BCUT2D eigenvalue weighted by atomic mass is 10.1. The fourth-order valence-corrected chi connectivity index (χ4v) is 2.39. The maximum atomic E-state index is 11.1. The average Bonchev–Trinajstić information content (AvgIpc) is 2.81. The Bertz CT molecular complexity index is 629. The minimum Gasteiger partial charge on any atom is -0.310 e. The van der Waals surface area contributed by atoms with Crippen molar-refractivity contribution in [3.05, 3.63) is 39.2 Å². The van der Waals surface area contributed by atoms with Crippen LogP contribution in [0.25, 0.3) is 11.4 Å². The molecule has 0 aliphatic rings. The molecule has 1 heterocycles. The Morgan fingerprint density at radius 1 is 1.47 bits per heavy atom. The molecule has 0 bridgehead atoms. The predicted molar refractivity (Wildman–Crippen MR) is 75.4 cm³/mol.